The van der Waals surface area contributed by atoms with Crippen molar-refractivity contribution in [2.75, 3.05) is 0 Å². The Morgan fingerprint density at radius 3 is 2.45 bits per heavy atom. The van der Waals surface area contributed by atoms with E-state index in [2.05, 4.69) is 13.5 Å². The molecule has 0 heterocycles. The van der Waals surface area contributed by atoms with Crippen LogP contribution in [0.5, 0.6) is 0 Å². The van der Waals surface area contributed by atoms with Gasteiger partial charge in [0.15, 0.2) is 0 Å². The van der Waals surface area contributed by atoms with Crippen molar-refractivity contribution < 1.29 is 4.39 Å². The predicted molar refractivity (Wildman–Crippen MR) is 48.5 cm³/mol. The van der Waals surface area contributed by atoms with Gasteiger partial charge < -0.3 is 0 Å². The molecule has 0 aliphatic carbocycles. The van der Waals surface area contributed by atoms with Gasteiger partial charge in [-0.25, -0.2) is 4.39 Å². The molecule has 1 heteroatoms. The third-order valence-electron chi connectivity index (χ3n) is 1.91. The van der Waals surface area contributed by atoms with E-state index in [-0.39, 0.29) is 0 Å². The van der Waals surface area contributed by atoms with Gasteiger partial charge in [-0.2, -0.15) is 0 Å². The SMILES string of the molecule is C=C(CC)CCC(F)CCC. The minimum atomic E-state index is -0.608. The van der Waals surface area contributed by atoms with Crippen molar-refractivity contribution in [3.63, 3.8) is 0 Å². The Bertz CT molecular complexity index is 107. The lowest BCUT2D eigenvalue weighted by Gasteiger charge is -2.06. The highest BCUT2D eigenvalue weighted by Crippen LogP contribution is 2.14. The molecule has 0 aliphatic heterocycles. The Hall–Kier alpha value is -0.330. The minimum absolute atomic E-state index is 0.608. The van der Waals surface area contributed by atoms with Crippen molar-refractivity contribution in [2.24, 2.45) is 0 Å². The fourth-order valence-electron chi connectivity index (χ4n) is 0.995. The molecular formula is C10H19F. The van der Waals surface area contributed by atoms with E-state index in [0.717, 1.165) is 19.3 Å². The van der Waals surface area contributed by atoms with Crippen molar-refractivity contribution >= 4 is 0 Å². The van der Waals surface area contributed by atoms with Crippen molar-refractivity contribution in [2.45, 2.75) is 52.1 Å². The quantitative estimate of drug-likeness (QED) is 0.515. The Morgan fingerprint density at radius 1 is 1.36 bits per heavy atom. The van der Waals surface area contributed by atoms with E-state index in [1.54, 1.807) is 0 Å². The van der Waals surface area contributed by atoms with Crippen LogP contribution in [0.4, 0.5) is 4.39 Å². The van der Waals surface area contributed by atoms with Gasteiger partial charge in [-0.15, -0.1) is 0 Å². The van der Waals surface area contributed by atoms with Crippen molar-refractivity contribution in [1.29, 1.82) is 0 Å². The fraction of sp³-hybridized carbons (Fsp3) is 0.800. The zero-order valence-electron chi connectivity index (χ0n) is 7.70. The highest BCUT2D eigenvalue weighted by molar-refractivity contribution is 4.92. The molecule has 1 unspecified atom stereocenters. The molecule has 0 bridgehead atoms. The summed E-state index contributed by atoms with van der Waals surface area (Å²) in [5, 5.41) is 0. The first-order chi connectivity index (χ1) is 5.20. The average Bonchev–Trinajstić information content (AvgIpc) is 2.01. The van der Waals surface area contributed by atoms with Crippen LogP contribution in [-0.2, 0) is 0 Å². The van der Waals surface area contributed by atoms with E-state index in [4.69, 9.17) is 0 Å². The monoisotopic (exact) mass is 158 g/mol. The molecule has 0 saturated heterocycles. The normalized spacial score (nSPS) is 13.0. The molecule has 0 amide bonds. The van der Waals surface area contributed by atoms with Crippen LogP contribution in [0, 0.1) is 0 Å². The minimum Gasteiger partial charge on any atom is -0.247 e. The number of hydrogen-bond acceptors (Lipinski definition) is 0. The van der Waals surface area contributed by atoms with Crippen LogP contribution in [-0.4, -0.2) is 6.17 Å². The molecule has 0 aromatic rings. The number of rotatable bonds is 6. The lowest BCUT2D eigenvalue weighted by molar-refractivity contribution is 0.293. The zero-order valence-corrected chi connectivity index (χ0v) is 7.70. The maximum atomic E-state index is 12.9. The molecule has 0 spiro atoms. The zero-order chi connectivity index (χ0) is 8.69. The smallest absolute Gasteiger partial charge is 0.100 e. The van der Waals surface area contributed by atoms with Crippen LogP contribution >= 0.6 is 0 Å². The molecule has 66 valence electrons. The summed E-state index contributed by atoms with van der Waals surface area (Å²) in [6.45, 7) is 7.92. The van der Waals surface area contributed by atoms with Gasteiger partial charge in [0, 0.05) is 0 Å². The first kappa shape index (κ1) is 10.7. The molecule has 0 aromatic heterocycles. The lowest BCUT2D eigenvalue weighted by atomic mass is 10.1. The van der Waals surface area contributed by atoms with Gasteiger partial charge in [-0.05, 0) is 25.7 Å². The van der Waals surface area contributed by atoms with Gasteiger partial charge in [-0.3, -0.25) is 0 Å². The van der Waals surface area contributed by atoms with Gasteiger partial charge in [-0.1, -0.05) is 32.4 Å². The number of hydrogen-bond donors (Lipinski definition) is 0. The lowest BCUT2D eigenvalue weighted by Crippen LogP contribution is -1.99. The third kappa shape index (κ3) is 6.08. The first-order valence-electron chi connectivity index (χ1n) is 4.51. The second kappa shape index (κ2) is 6.38. The Kier molecular flexibility index (Phi) is 6.19. The van der Waals surface area contributed by atoms with Crippen molar-refractivity contribution in [3.05, 3.63) is 12.2 Å². The molecule has 0 rings (SSSR count). The Labute approximate surface area is 69.5 Å². The van der Waals surface area contributed by atoms with Crippen LogP contribution in [0.2, 0.25) is 0 Å². The molecule has 0 nitrogen and oxygen atoms in total. The number of halogens is 1. The van der Waals surface area contributed by atoms with Gasteiger partial charge in [0.25, 0.3) is 0 Å². The molecular weight excluding hydrogens is 139 g/mol. The highest BCUT2D eigenvalue weighted by atomic mass is 19.1. The molecule has 0 aromatic carbocycles. The van der Waals surface area contributed by atoms with E-state index < -0.39 is 6.17 Å². The number of alkyl halides is 1. The summed E-state index contributed by atoms with van der Waals surface area (Å²) in [5.74, 6) is 0. The van der Waals surface area contributed by atoms with Crippen molar-refractivity contribution in [1.82, 2.24) is 0 Å². The second-order valence-electron chi connectivity index (χ2n) is 3.03. The summed E-state index contributed by atoms with van der Waals surface area (Å²) >= 11 is 0. The van der Waals surface area contributed by atoms with E-state index in [9.17, 15) is 4.39 Å². The molecule has 0 aliphatic rings. The average molecular weight is 158 g/mol. The third-order valence-corrected chi connectivity index (χ3v) is 1.91. The van der Waals surface area contributed by atoms with Gasteiger partial charge in [0.2, 0.25) is 0 Å². The summed E-state index contributed by atoms with van der Waals surface area (Å²) < 4.78 is 12.9. The van der Waals surface area contributed by atoms with E-state index >= 15 is 0 Å². The van der Waals surface area contributed by atoms with Crippen LogP contribution in [0.15, 0.2) is 12.2 Å². The van der Waals surface area contributed by atoms with Gasteiger partial charge >= 0.3 is 0 Å². The van der Waals surface area contributed by atoms with Gasteiger partial charge in [0.05, 0.1) is 0 Å². The van der Waals surface area contributed by atoms with E-state index in [1.807, 2.05) is 6.92 Å². The predicted octanol–water partition coefficient (Wildman–Crippen LogP) is 3.87. The molecule has 0 fully saturated rings. The summed E-state index contributed by atoms with van der Waals surface area (Å²) in [7, 11) is 0. The summed E-state index contributed by atoms with van der Waals surface area (Å²) in [6, 6.07) is 0. The second-order valence-corrected chi connectivity index (χ2v) is 3.03. The topological polar surface area (TPSA) is 0 Å². The molecule has 1 atom stereocenters. The highest BCUT2D eigenvalue weighted by Gasteiger charge is 2.04. The Morgan fingerprint density at radius 2 is 2.00 bits per heavy atom. The maximum Gasteiger partial charge on any atom is 0.100 e. The maximum absolute atomic E-state index is 12.9. The molecule has 11 heavy (non-hydrogen) atoms. The first-order valence-corrected chi connectivity index (χ1v) is 4.51. The van der Waals surface area contributed by atoms with E-state index in [1.165, 1.54) is 5.57 Å². The fourth-order valence-corrected chi connectivity index (χ4v) is 0.995. The van der Waals surface area contributed by atoms with Crippen LogP contribution < -0.4 is 0 Å². The summed E-state index contributed by atoms with van der Waals surface area (Å²) in [5.41, 5.74) is 1.17. The summed E-state index contributed by atoms with van der Waals surface area (Å²) in [6.07, 6.45) is 3.55. The number of allylic oxidation sites excluding steroid dienone is 1. The van der Waals surface area contributed by atoms with Crippen LogP contribution in [0.3, 0.4) is 0 Å². The molecule has 0 radical (unpaired) electrons. The molecule has 0 saturated carbocycles. The van der Waals surface area contributed by atoms with Gasteiger partial charge in [0.1, 0.15) is 6.17 Å². The standard InChI is InChI=1S/C10H19F/c1-4-6-10(11)8-7-9(3)5-2/h10H,3-8H2,1-2H3. The van der Waals surface area contributed by atoms with Crippen LogP contribution in [0.25, 0.3) is 0 Å². The largest absolute Gasteiger partial charge is 0.247 e. The molecule has 0 N–H and O–H groups in total. The Balaban J connectivity index is 3.29. The van der Waals surface area contributed by atoms with Crippen molar-refractivity contribution in [3.8, 4) is 0 Å². The summed E-state index contributed by atoms with van der Waals surface area (Å²) in [4.78, 5) is 0. The van der Waals surface area contributed by atoms with E-state index in [0.29, 0.717) is 12.8 Å². The van der Waals surface area contributed by atoms with Crippen LogP contribution in [0.1, 0.15) is 46.0 Å².